The fourth-order valence-corrected chi connectivity index (χ4v) is 2.52. The van der Waals surface area contributed by atoms with Crippen molar-refractivity contribution in [3.05, 3.63) is 35.2 Å². The number of rotatable bonds is 4. The maximum atomic E-state index is 14.6. The lowest BCUT2D eigenvalue weighted by molar-refractivity contribution is -0.771. The van der Waals surface area contributed by atoms with Crippen LogP contribution < -0.4 is 27.5 Å². The minimum atomic E-state index is -0.646. The van der Waals surface area contributed by atoms with E-state index >= 15 is 0 Å². The monoisotopic (exact) mass is 397 g/mol. The number of nitrogens with zero attached hydrogens (tertiary/aromatic N) is 3. The summed E-state index contributed by atoms with van der Waals surface area (Å²) in [7, 11) is 1.29. The molecule has 9 heteroatoms. The standard InChI is InChI=1S/C18H21F2N5O.ClH/c1-10(18(2,3)4)24-16-12(8-21-17-22-9-23-25(16)17)11-6-14(20)15(26-5)7-13(11)19;/h6-10,24H,1-5H3;1H. The van der Waals surface area contributed by atoms with Crippen molar-refractivity contribution in [1.29, 1.82) is 0 Å². The predicted octanol–water partition coefficient (Wildman–Crippen LogP) is -1.05. The van der Waals surface area contributed by atoms with Crippen LogP contribution in [0.2, 0.25) is 0 Å². The van der Waals surface area contributed by atoms with Crippen LogP contribution in [-0.4, -0.2) is 31.7 Å². The Morgan fingerprint density at radius 2 is 1.89 bits per heavy atom. The number of methoxy groups -OCH3 is 1. The molecule has 0 aliphatic carbocycles. The third kappa shape index (κ3) is 4.01. The van der Waals surface area contributed by atoms with Gasteiger partial charge in [-0.25, -0.2) is 8.78 Å². The Morgan fingerprint density at radius 3 is 2.52 bits per heavy atom. The summed E-state index contributed by atoms with van der Waals surface area (Å²) >= 11 is 0. The normalized spacial score (nSPS) is 19.4. The molecule has 3 rings (SSSR count). The smallest absolute Gasteiger partial charge is 0.362 e. The summed E-state index contributed by atoms with van der Waals surface area (Å²) in [5.41, 5.74) is 0.453. The molecule has 27 heavy (non-hydrogen) atoms. The molecule has 0 aromatic heterocycles. The molecule has 2 aliphatic rings. The van der Waals surface area contributed by atoms with Gasteiger partial charge in [0.2, 0.25) is 5.82 Å². The highest BCUT2D eigenvalue weighted by atomic mass is 35.5. The van der Waals surface area contributed by atoms with Crippen molar-refractivity contribution in [1.82, 2.24) is 5.32 Å². The van der Waals surface area contributed by atoms with Gasteiger partial charge in [0.25, 0.3) is 0 Å². The predicted molar refractivity (Wildman–Crippen MR) is 97.3 cm³/mol. The summed E-state index contributed by atoms with van der Waals surface area (Å²) in [6.45, 7) is 8.30. The van der Waals surface area contributed by atoms with E-state index in [-0.39, 0.29) is 35.2 Å². The first kappa shape index (κ1) is 21.0. The van der Waals surface area contributed by atoms with Crippen LogP contribution in [0.15, 0.2) is 33.0 Å². The van der Waals surface area contributed by atoms with Gasteiger partial charge in [0.15, 0.2) is 17.9 Å². The molecule has 0 spiro atoms. The molecule has 0 amide bonds. The number of benzene rings is 1. The molecule has 2 N–H and O–H groups in total. The SMILES string of the molecule is COc1cc(F)c(C2=C(NC(C)C(C)(C)C)[NH+]3N=CN=C3N=C2)cc1F.[Cl-]. The molecule has 2 unspecified atom stereocenters. The summed E-state index contributed by atoms with van der Waals surface area (Å²) in [4.78, 5) is 8.33. The van der Waals surface area contributed by atoms with Crippen LogP contribution in [0.5, 0.6) is 5.75 Å². The molecule has 0 saturated heterocycles. The van der Waals surface area contributed by atoms with Crippen LogP contribution in [0.4, 0.5) is 8.78 Å². The topological polar surface area (TPSA) is 62.8 Å². The van der Waals surface area contributed by atoms with Gasteiger partial charge in [0.05, 0.1) is 18.9 Å². The van der Waals surface area contributed by atoms with Gasteiger partial charge in [0.1, 0.15) is 5.82 Å². The Bertz CT molecular complexity index is 858. The minimum Gasteiger partial charge on any atom is -1.00 e. The van der Waals surface area contributed by atoms with Gasteiger partial charge < -0.3 is 22.5 Å². The van der Waals surface area contributed by atoms with Crippen molar-refractivity contribution in [2.24, 2.45) is 20.5 Å². The molecule has 146 valence electrons. The largest absolute Gasteiger partial charge is 1.00 e. The van der Waals surface area contributed by atoms with E-state index in [9.17, 15) is 8.78 Å². The molecule has 0 bridgehead atoms. The van der Waals surface area contributed by atoms with E-state index in [2.05, 4.69) is 41.2 Å². The molecule has 2 atom stereocenters. The Balaban J connectivity index is 0.00000261. The fraction of sp³-hybridized carbons (Fsp3) is 0.389. The Morgan fingerprint density at radius 1 is 1.19 bits per heavy atom. The van der Waals surface area contributed by atoms with Gasteiger partial charge in [-0.15, -0.1) is 0 Å². The van der Waals surface area contributed by atoms with Crippen molar-refractivity contribution < 1.29 is 30.9 Å². The number of allylic oxidation sites excluding steroid dienone is 1. The maximum Gasteiger partial charge on any atom is 0.362 e. The third-order valence-electron chi connectivity index (χ3n) is 4.59. The van der Waals surface area contributed by atoms with Crippen LogP contribution in [0.25, 0.3) is 5.57 Å². The molecular weight excluding hydrogens is 376 g/mol. The van der Waals surface area contributed by atoms with Gasteiger partial charge in [-0.1, -0.05) is 30.9 Å². The zero-order valence-corrected chi connectivity index (χ0v) is 16.5. The molecule has 0 saturated carbocycles. The van der Waals surface area contributed by atoms with Crippen molar-refractivity contribution in [3.8, 4) is 5.75 Å². The lowest BCUT2D eigenvalue weighted by atomic mass is 9.88. The second-order valence-corrected chi connectivity index (χ2v) is 7.29. The highest BCUT2D eigenvalue weighted by molar-refractivity contribution is 6.15. The Hall–Kier alpha value is -2.32. The quantitative estimate of drug-likeness (QED) is 0.681. The number of fused-ring (bicyclic) bond motifs is 1. The third-order valence-corrected chi connectivity index (χ3v) is 4.59. The second kappa shape index (κ2) is 7.74. The first-order valence-electron chi connectivity index (χ1n) is 8.28. The van der Waals surface area contributed by atoms with Crippen LogP contribution >= 0.6 is 0 Å². The maximum absolute atomic E-state index is 14.6. The van der Waals surface area contributed by atoms with Gasteiger partial charge in [-0.2, -0.15) is 9.98 Å². The summed E-state index contributed by atoms with van der Waals surface area (Å²) < 4.78 is 33.7. The number of aliphatic imine (C=N–C) groups is 2. The van der Waals surface area contributed by atoms with Crippen LogP contribution in [0, 0.1) is 17.0 Å². The average Bonchev–Trinajstić information content (AvgIpc) is 3.05. The van der Waals surface area contributed by atoms with E-state index in [1.165, 1.54) is 19.7 Å². The van der Waals surface area contributed by atoms with Gasteiger partial charge in [-0.05, 0) is 18.4 Å². The van der Waals surface area contributed by atoms with Crippen molar-refractivity contribution in [2.75, 3.05) is 7.11 Å². The van der Waals surface area contributed by atoms with E-state index in [1.54, 1.807) is 0 Å². The first-order valence-corrected chi connectivity index (χ1v) is 8.28. The van der Waals surface area contributed by atoms with E-state index in [1.807, 2.05) is 6.92 Å². The number of nitrogens with one attached hydrogen (secondary N) is 2. The van der Waals surface area contributed by atoms with Crippen LogP contribution in [-0.2, 0) is 0 Å². The van der Waals surface area contributed by atoms with E-state index in [0.29, 0.717) is 22.4 Å². The number of ether oxygens (including phenoxy) is 1. The highest BCUT2D eigenvalue weighted by Gasteiger charge is 2.36. The number of quaternary nitrogens is 1. The van der Waals surface area contributed by atoms with E-state index in [4.69, 9.17) is 4.74 Å². The van der Waals surface area contributed by atoms with Crippen LogP contribution in [0.1, 0.15) is 33.3 Å². The molecule has 6 nitrogen and oxygen atoms in total. The summed E-state index contributed by atoms with van der Waals surface area (Å²) in [5.74, 6) is -0.362. The van der Waals surface area contributed by atoms with E-state index < -0.39 is 11.6 Å². The number of guanidine groups is 1. The summed E-state index contributed by atoms with van der Waals surface area (Å²) in [6, 6.07) is 2.18. The van der Waals surface area contributed by atoms with Gasteiger partial charge in [0, 0.05) is 17.7 Å². The first-order chi connectivity index (χ1) is 12.2. The molecule has 0 fully saturated rings. The van der Waals surface area contributed by atoms with Crippen molar-refractivity contribution >= 4 is 24.1 Å². The molecule has 2 heterocycles. The van der Waals surface area contributed by atoms with Gasteiger partial charge >= 0.3 is 5.96 Å². The van der Waals surface area contributed by atoms with Crippen LogP contribution in [0.3, 0.4) is 0 Å². The zero-order valence-electron chi connectivity index (χ0n) is 15.8. The number of hydrogen-bond acceptors (Lipinski definition) is 5. The van der Waals surface area contributed by atoms with Gasteiger partial charge in [-0.3, -0.25) is 0 Å². The zero-order chi connectivity index (χ0) is 19.1. The average molecular weight is 398 g/mol. The molecule has 1 aromatic rings. The van der Waals surface area contributed by atoms with E-state index in [0.717, 1.165) is 12.1 Å². The second-order valence-electron chi connectivity index (χ2n) is 7.29. The lowest BCUT2D eigenvalue weighted by Gasteiger charge is -2.31. The summed E-state index contributed by atoms with van der Waals surface area (Å²) in [5, 5.41) is 8.16. The van der Waals surface area contributed by atoms with Crippen molar-refractivity contribution in [3.63, 3.8) is 0 Å². The minimum absolute atomic E-state index is 0. The fourth-order valence-electron chi connectivity index (χ4n) is 2.52. The number of halogens is 3. The molecule has 0 radical (unpaired) electrons. The number of hydrogen-bond donors (Lipinski definition) is 2. The lowest BCUT2D eigenvalue weighted by Crippen LogP contribution is -3.09. The Kier molecular flexibility index (Phi) is 6.01. The molecule has 1 aromatic carbocycles. The highest BCUT2D eigenvalue weighted by Crippen LogP contribution is 2.27. The van der Waals surface area contributed by atoms with Crippen molar-refractivity contribution in [2.45, 2.75) is 33.7 Å². The molecular formula is C18H22ClF2N5O. The molecule has 2 aliphatic heterocycles. The Labute approximate surface area is 163 Å². The summed E-state index contributed by atoms with van der Waals surface area (Å²) in [6.07, 6.45) is 2.89.